The predicted octanol–water partition coefficient (Wildman–Crippen LogP) is -0.324. The van der Waals surface area contributed by atoms with Gasteiger partial charge in [0.15, 0.2) is 0 Å². The molecule has 0 spiro atoms. The Hall–Kier alpha value is -0.781. The molecule has 0 aliphatic heterocycles. The number of hydrogen-bond acceptors (Lipinski definition) is 3. The summed E-state index contributed by atoms with van der Waals surface area (Å²) in [5.74, 6) is 0. The Labute approximate surface area is 76.7 Å². The van der Waals surface area contributed by atoms with Crippen LogP contribution in [0, 0.1) is 0 Å². The van der Waals surface area contributed by atoms with Crippen LogP contribution in [-0.4, -0.2) is 38.1 Å². The quantitative estimate of drug-likeness (QED) is 0.654. The third-order valence-electron chi connectivity index (χ3n) is 1.42. The first kappa shape index (κ1) is 6.90. The van der Waals surface area contributed by atoms with Gasteiger partial charge in [-0.1, -0.05) is 0 Å². The zero-order valence-corrected chi connectivity index (χ0v) is 8.93. The van der Waals surface area contributed by atoms with Crippen LogP contribution in [0.15, 0.2) is 24.3 Å². The zero-order chi connectivity index (χ0) is 7.68. The first-order chi connectivity index (χ1) is 5.42. The number of hydrogen-bond donors (Lipinski definition) is 0. The van der Waals surface area contributed by atoms with Crippen LogP contribution in [0.3, 0.4) is 0 Å². The first-order valence-corrected chi connectivity index (χ1v) is 4.44. The number of rotatable bonds is 1. The summed E-state index contributed by atoms with van der Waals surface area (Å²) in [6.45, 7) is 0. The molecule has 0 amide bonds. The Morgan fingerprint density at radius 2 is 2.18 bits per heavy atom. The summed E-state index contributed by atoms with van der Waals surface area (Å²) in [5, 5.41) is 7.69. The van der Waals surface area contributed by atoms with Gasteiger partial charge in [-0.2, -0.15) is 0 Å². The fourth-order valence-electron chi connectivity index (χ4n) is 0.925. The van der Waals surface area contributed by atoms with Gasteiger partial charge in [0.1, 0.15) is 0 Å². The third-order valence-corrected chi connectivity index (χ3v) is 1.99. The van der Waals surface area contributed by atoms with Crippen LogP contribution >= 0.6 is 0 Å². The van der Waals surface area contributed by atoms with E-state index in [1.807, 2.05) is 24.3 Å². The van der Waals surface area contributed by atoms with Crippen LogP contribution < -0.4 is 3.17 Å². The monoisotopic (exact) mass is 255 g/mol. The average Bonchev–Trinajstić information content (AvgIpc) is 2.47. The third kappa shape index (κ3) is 1.07. The maximum atomic E-state index is 5.04. The molecule has 2 radical (unpaired) electrons. The molecule has 0 atom stereocenters. The minimum absolute atomic E-state index is 0.682. The van der Waals surface area contributed by atoms with Crippen molar-refractivity contribution in [3.63, 3.8) is 0 Å². The van der Waals surface area contributed by atoms with Gasteiger partial charge in [0.25, 0.3) is 0 Å². The summed E-state index contributed by atoms with van der Waals surface area (Å²) in [4.78, 5) is 1.44. The van der Waals surface area contributed by atoms with Gasteiger partial charge < -0.3 is 0 Å². The molecule has 0 bridgehead atoms. The van der Waals surface area contributed by atoms with E-state index in [2.05, 4.69) is 10.3 Å². The second-order valence-electron chi connectivity index (χ2n) is 2.06. The standard InChI is InChI=1S/C6H4N3O.Sn.H/c10-9-6-4-2-1-3-5(6)7-8-9;;/h1-4H;;/q-1;+1;. The Balaban J connectivity index is 2.76. The summed E-state index contributed by atoms with van der Waals surface area (Å²) < 4.78 is 5.04. The fraction of sp³-hybridized carbons (Fsp3) is 0. The fourth-order valence-corrected chi connectivity index (χ4v) is 1.37. The Morgan fingerprint density at radius 3 is 3.00 bits per heavy atom. The molecular formula is C6H5N3OSn. The summed E-state index contributed by atoms with van der Waals surface area (Å²) in [5.41, 5.74) is 1.78. The van der Waals surface area contributed by atoms with E-state index < -0.39 is 0 Å². The van der Waals surface area contributed by atoms with Crippen LogP contribution in [-0.2, 0) is 0 Å². The molecule has 0 fully saturated rings. The van der Waals surface area contributed by atoms with E-state index in [9.17, 15) is 0 Å². The van der Waals surface area contributed by atoms with E-state index in [-0.39, 0.29) is 0 Å². The van der Waals surface area contributed by atoms with Gasteiger partial charge in [-0.3, -0.25) is 0 Å². The molecule has 4 nitrogen and oxygen atoms in total. The molecule has 0 aliphatic carbocycles. The van der Waals surface area contributed by atoms with Crippen molar-refractivity contribution < 1.29 is 3.17 Å². The topological polar surface area (TPSA) is 39.9 Å². The van der Waals surface area contributed by atoms with Gasteiger partial charge in [0, 0.05) is 0 Å². The van der Waals surface area contributed by atoms with Crippen molar-refractivity contribution in [3.05, 3.63) is 24.3 Å². The summed E-state index contributed by atoms with van der Waals surface area (Å²) in [7, 11) is 0. The molecule has 1 aromatic heterocycles. The van der Waals surface area contributed by atoms with Crippen LogP contribution in [0.2, 0.25) is 0 Å². The second kappa shape index (κ2) is 2.69. The molecular weight excluding hydrogens is 249 g/mol. The summed E-state index contributed by atoms with van der Waals surface area (Å²) in [6.07, 6.45) is 0. The van der Waals surface area contributed by atoms with Crippen LogP contribution in [0.4, 0.5) is 0 Å². The molecule has 0 N–H and O–H groups in total. The molecule has 0 saturated carbocycles. The number of benzene rings is 1. The van der Waals surface area contributed by atoms with Crippen LogP contribution in [0.25, 0.3) is 11.0 Å². The molecule has 5 heteroatoms. The van der Waals surface area contributed by atoms with E-state index in [1.54, 1.807) is 0 Å². The van der Waals surface area contributed by atoms with Crippen molar-refractivity contribution in [1.29, 1.82) is 0 Å². The van der Waals surface area contributed by atoms with E-state index in [0.717, 1.165) is 11.0 Å². The zero-order valence-electron chi connectivity index (χ0n) is 5.64. The molecule has 0 saturated heterocycles. The predicted molar refractivity (Wildman–Crippen MR) is 41.3 cm³/mol. The summed E-state index contributed by atoms with van der Waals surface area (Å²) >= 11 is 0.682. The SMILES string of the molecule is [SnH][O]n1nnc2ccccc21. The Kier molecular flexibility index (Phi) is 1.69. The number of para-hydroxylation sites is 1. The van der Waals surface area contributed by atoms with Crippen molar-refractivity contribution in [2.45, 2.75) is 0 Å². The normalized spacial score (nSPS) is 10.3. The van der Waals surface area contributed by atoms with Crippen molar-refractivity contribution in [1.82, 2.24) is 15.2 Å². The number of nitrogens with zero attached hydrogens (tertiary/aromatic N) is 3. The van der Waals surface area contributed by atoms with Gasteiger partial charge >= 0.3 is 76.6 Å². The van der Waals surface area contributed by atoms with Crippen LogP contribution in [0.1, 0.15) is 0 Å². The maximum absolute atomic E-state index is 5.04. The van der Waals surface area contributed by atoms with E-state index in [1.165, 1.54) is 4.85 Å². The molecule has 1 heterocycles. The van der Waals surface area contributed by atoms with Crippen molar-refractivity contribution >= 4 is 34.0 Å². The average molecular weight is 254 g/mol. The first-order valence-electron chi connectivity index (χ1n) is 3.09. The van der Waals surface area contributed by atoms with E-state index in [0.29, 0.717) is 22.9 Å². The molecule has 1 aromatic carbocycles. The molecule has 0 unspecified atom stereocenters. The molecule has 2 aromatic rings. The van der Waals surface area contributed by atoms with Crippen molar-refractivity contribution in [2.75, 3.05) is 0 Å². The van der Waals surface area contributed by atoms with Gasteiger partial charge in [-0.05, 0) is 0 Å². The Bertz CT molecular complexity index is 373. The summed E-state index contributed by atoms with van der Waals surface area (Å²) in [6, 6.07) is 7.68. The Morgan fingerprint density at radius 1 is 1.36 bits per heavy atom. The molecule has 11 heavy (non-hydrogen) atoms. The second-order valence-corrected chi connectivity index (χ2v) is 2.66. The van der Waals surface area contributed by atoms with Gasteiger partial charge in [-0.15, -0.1) is 0 Å². The molecule has 0 aliphatic rings. The van der Waals surface area contributed by atoms with Gasteiger partial charge in [-0.25, -0.2) is 0 Å². The van der Waals surface area contributed by atoms with Crippen molar-refractivity contribution in [3.8, 4) is 0 Å². The van der Waals surface area contributed by atoms with E-state index in [4.69, 9.17) is 3.17 Å². The van der Waals surface area contributed by atoms with E-state index >= 15 is 0 Å². The van der Waals surface area contributed by atoms with Crippen molar-refractivity contribution in [2.24, 2.45) is 0 Å². The molecule has 54 valence electrons. The number of aromatic nitrogens is 3. The molecule has 2 rings (SSSR count). The number of fused-ring (bicyclic) bond motifs is 1. The van der Waals surface area contributed by atoms with Crippen LogP contribution in [0.5, 0.6) is 0 Å². The minimum atomic E-state index is 0.682. The van der Waals surface area contributed by atoms with Gasteiger partial charge in [0.05, 0.1) is 0 Å². The van der Waals surface area contributed by atoms with Gasteiger partial charge in [0.2, 0.25) is 0 Å².